The van der Waals surface area contributed by atoms with E-state index < -0.39 is 4.92 Å². The number of halogens is 1. The van der Waals surface area contributed by atoms with Crippen LogP contribution in [0.3, 0.4) is 0 Å². The van der Waals surface area contributed by atoms with Gasteiger partial charge in [-0.3, -0.25) is 15.5 Å². The smallest absolute Gasteiger partial charge is 0.287 e. The Hall–Kier alpha value is -3.26. The predicted molar refractivity (Wildman–Crippen MR) is 116 cm³/mol. The lowest BCUT2D eigenvalue weighted by Crippen LogP contribution is -2.00. The summed E-state index contributed by atoms with van der Waals surface area (Å²) in [6, 6.07) is 14.9. The molecule has 0 saturated heterocycles. The maximum Gasteiger partial charge on any atom is 0.287 e. The first-order valence-electron chi connectivity index (χ1n) is 8.80. The van der Waals surface area contributed by atoms with Crippen LogP contribution in [0.5, 0.6) is 5.75 Å². The molecule has 0 aliphatic carbocycles. The maximum atomic E-state index is 10.6. The monoisotopic (exact) mass is 454 g/mol. The molecular formula is C21H19BrN4O3. The van der Waals surface area contributed by atoms with Crippen LogP contribution in [0.1, 0.15) is 22.3 Å². The van der Waals surface area contributed by atoms with Gasteiger partial charge in [0.25, 0.3) is 5.69 Å². The van der Waals surface area contributed by atoms with Crippen LogP contribution in [0.4, 0.5) is 11.5 Å². The Morgan fingerprint density at radius 2 is 1.86 bits per heavy atom. The van der Waals surface area contributed by atoms with Gasteiger partial charge in [0, 0.05) is 10.5 Å². The summed E-state index contributed by atoms with van der Waals surface area (Å²) in [7, 11) is 0. The largest absolute Gasteiger partial charge is 0.488 e. The molecule has 1 N–H and O–H groups in total. The standard InChI is InChI=1S/C21H19BrN4O3/c1-14-9-17(11-24-25-20-8-7-19(12-23-20)26(27)28)10-15(2)21(14)29-13-16-3-5-18(22)6-4-16/h3-12H,13H2,1-2H3,(H,23,25)/b24-11+. The highest BCUT2D eigenvalue weighted by Gasteiger charge is 2.07. The Morgan fingerprint density at radius 3 is 2.45 bits per heavy atom. The van der Waals surface area contributed by atoms with Crippen molar-refractivity contribution in [1.29, 1.82) is 0 Å². The van der Waals surface area contributed by atoms with Crippen molar-refractivity contribution in [3.8, 4) is 5.75 Å². The average molecular weight is 455 g/mol. The molecule has 0 amide bonds. The van der Waals surface area contributed by atoms with E-state index in [0.29, 0.717) is 12.4 Å². The van der Waals surface area contributed by atoms with Crippen LogP contribution in [-0.4, -0.2) is 16.1 Å². The van der Waals surface area contributed by atoms with E-state index in [1.807, 2.05) is 50.2 Å². The molecule has 7 nitrogen and oxygen atoms in total. The highest BCUT2D eigenvalue weighted by molar-refractivity contribution is 9.10. The minimum Gasteiger partial charge on any atom is -0.488 e. The molecule has 0 aliphatic heterocycles. The summed E-state index contributed by atoms with van der Waals surface area (Å²) >= 11 is 3.43. The van der Waals surface area contributed by atoms with E-state index in [2.05, 4.69) is 31.4 Å². The van der Waals surface area contributed by atoms with Crippen LogP contribution >= 0.6 is 15.9 Å². The van der Waals surface area contributed by atoms with Gasteiger partial charge in [0.15, 0.2) is 0 Å². The minimum absolute atomic E-state index is 0.0653. The lowest BCUT2D eigenvalue weighted by Gasteiger charge is -2.13. The molecule has 0 spiro atoms. The van der Waals surface area contributed by atoms with Gasteiger partial charge in [-0.1, -0.05) is 28.1 Å². The van der Waals surface area contributed by atoms with E-state index in [0.717, 1.165) is 32.5 Å². The van der Waals surface area contributed by atoms with Gasteiger partial charge < -0.3 is 4.74 Å². The van der Waals surface area contributed by atoms with Crippen molar-refractivity contribution in [2.24, 2.45) is 5.10 Å². The van der Waals surface area contributed by atoms with Gasteiger partial charge in [-0.05, 0) is 66.4 Å². The number of hydrogen-bond donors (Lipinski definition) is 1. The third kappa shape index (κ3) is 5.61. The van der Waals surface area contributed by atoms with Crippen LogP contribution in [-0.2, 0) is 6.61 Å². The number of nitrogens with one attached hydrogen (secondary N) is 1. The number of aryl methyl sites for hydroxylation is 2. The highest BCUT2D eigenvalue weighted by atomic mass is 79.9. The Bertz CT molecular complexity index is 1010. The van der Waals surface area contributed by atoms with Crippen molar-refractivity contribution < 1.29 is 9.66 Å². The van der Waals surface area contributed by atoms with Gasteiger partial charge in [-0.25, -0.2) is 4.98 Å². The van der Waals surface area contributed by atoms with Gasteiger partial charge >= 0.3 is 0 Å². The molecule has 0 radical (unpaired) electrons. The normalized spacial score (nSPS) is 10.9. The zero-order chi connectivity index (χ0) is 20.8. The molecule has 3 aromatic rings. The van der Waals surface area contributed by atoms with Crippen molar-refractivity contribution in [3.05, 3.63) is 91.6 Å². The van der Waals surface area contributed by atoms with Crippen LogP contribution in [0.25, 0.3) is 0 Å². The number of pyridine rings is 1. The average Bonchev–Trinajstić information content (AvgIpc) is 2.69. The van der Waals surface area contributed by atoms with E-state index in [-0.39, 0.29) is 5.69 Å². The number of ether oxygens (including phenoxy) is 1. The number of hydrogen-bond acceptors (Lipinski definition) is 6. The Balaban J connectivity index is 1.64. The van der Waals surface area contributed by atoms with Crippen LogP contribution in [0.15, 0.2) is 64.3 Å². The molecule has 8 heteroatoms. The Kier molecular flexibility index (Phi) is 6.56. The van der Waals surface area contributed by atoms with Crippen molar-refractivity contribution >= 4 is 33.6 Å². The second kappa shape index (κ2) is 9.29. The van der Waals surface area contributed by atoms with E-state index in [1.54, 1.807) is 6.21 Å². The van der Waals surface area contributed by atoms with Gasteiger partial charge in [0.05, 0.1) is 11.1 Å². The fraction of sp³-hybridized carbons (Fsp3) is 0.143. The predicted octanol–water partition coefficient (Wildman–Crippen LogP) is 5.39. The number of hydrazone groups is 1. The number of rotatable bonds is 7. The van der Waals surface area contributed by atoms with Crippen molar-refractivity contribution in [1.82, 2.24) is 4.98 Å². The molecule has 0 saturated carbocycles. The summed E-state index contributed by atoms with van der Waals surface area (Å²) < 4.78 is 7.05. The minimum atomic E-state index is -0.494. The van der Waals surface area contributed by atoms with Crippen molar-refractivity contribution in [2.45, 2.75) is 20.5 Å². The summed E-state index contributed by atoms with van der Waals surface area (Å²) in [6.45, 7) is 4.48. The quantitative estimate of drug-likeness (QED) is 0.293. The fourth-order valence-electron chi connectivity index (χ4n) is 2.76. The zero-order valence-corrected chi connectivity index (χ0v) is 17.5. The number of benzene rings is 2. The second-order valence-electron chi connectivity index (χ2n) is 6.43. The molecule has 0 aliphatic rings. The van der Waals surface area contributed by atoms with Crippen molar-refractivity contribution in [2.75, 3.05) is 5.43 Å². The van der Waals surface area contributed by atoms with Gasteiger partial charge in [0.2, 0.25) is 0 Å². The second-order valence-corrected chi connectivity index (χ2v) is 7.34. The summed E-state index contributed by atoms with van der Waals surface area (Å²) in [4.78, 5) is 14.1. The van der Waals surface area contributed by atoms with Crippen LogP contribution in [0, 0.1) is 24.0 Å². The molecule has 3 rings (SSSR count). The van der Waals surface area contributed by atoms with Crippen molar-refractivity contribution in [3.63, 3.8) is 0 Å². The first kappa shape index (κ1) is 20.5. The first-order valence-corrected chi connectivity index (χ1v) is 9.59. The van der Waals surface area contributed by atoms with E-state index >= 15 is 0 Å². The number of nitrogens with zero attached hydrogens (tertiary/aromatic N) is 3. The maximum absolute atomic E-state index is 10.6. The highest BCUT2D eigenvalue weighted by Crippen LogP contribution is 2.25. The topological polar surface area (TPSA) is 89.7 Å². The molecule has 0 fully saturated rings. The molecule has 1 heterocycles. The molecule has 148 valence electrons. The number of nitro groups is 1. The van der Waals surface area contributed by atoms with E-state index in [9.17, 15) is 10.1 Å². The number of aromatic nitrogens is 1. The lowest BCUT2D eigenvalue weighted by molar-refractivity contribution is -0.385. The summed E-state index contributed by atoms with van der Waals surface area (Å²) in [5.74, 6) is 1.28. The summed E-state index contributed by atoms with van der Waals surface area (Å²) in [6.07, 6.45) is 2.85. The SMILES string of the molecule is Cc1cc(/C=N/Nc2ccc([N+](=O)[O-])cn2)cc(C)c1OCc1ccc(Br)cc1. The molecule has 0 bridgehead atoms. The molecule has 29 heavy (non-hydrogen) atoms. The van der Waals surface area contributed by atoms with E-state index in [1.165, 1.54) is 18.3 Å². The molecular weight excluding hydrogens is 436 g/mol. The van der Waals surface area contributed by atoms with Gasteiger partial charge in [0.1, 0.15) is 24.4 Å². The molecule has 0 atom stereocenters. The van der Waals surface area contributed by atoms with Gasteiger partial charge in [-0.15, -0.1) is 0 Å². The fourth-order valence-corrected chi connectivity index (χ4v) is 3.02. The molecule has 1 aromatic heterocycles. The molecule has 0 unspecified atom stereocenters. The third-order valence-corrected chi connectivity index (χ3v) is 4.66. The zero-order valence-electron chi connectivity index (χ0n) is 15.9. The van der Waals surface area contributed by atoms with E-state index in [4.69, 9.17) is 4.74 Å². The summed E-state index contributed by atoms with van der Waals surface area (Å²) in [5, 5.41) is 14.8. The third-order valence-electron chi connectivity index (χ3n) is 4.13. The van der Waals surface area contributed by atoms with Crippen LogP contribution < -0.4 is 10.2 Å². The first-order chi connectivity index (χ1) is 13.9. The Labute approximate surface area is 176 Å². The lowest BCUT2D eigenvalue weighted by atomic mass is 10.1. The summed E-state index contributed by atoms with van der Waals surface area (Å²) in [5.41, 5.74) is 6.72. The number of anilines is 1. The van der Waals surface area contributed by atoms with Gasteiger partial charge in [-0.2, -0.15) is 5.10 Å². The Morgan fingerprint density at radius 1 is 1.17 bits per heavy atom. The molecule has 2 aromatic carbocycles. The van der Waals surface area contributed by atoms with Crippen LogP contribution in [0.2, 0.25) is 0 Å².